The van der Waals surface area contributed by atoms with Crippen molar-refractivity contribution in [3.8, 4) is 0 Å². The quantitative estimate of drug-likeness (QED) is 0.465. The highest BCUT2D eigenvalue weighted by atomic mass is 19.4. The summed E-state index contributed by atoms with van der Waals surface area (Å²) in [6.07, 6.45) is -6.62. The van der Waals surface area contributed by atoms with E-state index in [0.29, 0.717) is 12.0 Å². The number of amides is 1. The van der Waals surface area contributed by atoms with E-state index >= 15 is 0 Å². The molecule has 1 aliphatic carbocycles. The Balaban J connectivity index is 0.000000301. The van der Waals surface area contributed by atoms with E-state index in [4.69, 9.17) is 24.3 Å². The van der Waals surface area contributed by atoms with E-state index in [1.165, 1.54) is 18.4 Å². The van der Waals surface area contributed by atoms with Crippen LogP contribution < -0.4 is 5.32 Å². The molecule has 1 aromatic rings. The number of aromatic nitrogens is 1. The van der Waals surface area contributed by atoms with Crippen molar-refractivity contribution >= 4 is 17.8 Å². The van der Waals surface area contributed by atoms with Crippen LogP contribution in [0.1, 0.15) is 36.3 Å². The van der Waals surface area contributed by atoms with Crippen LogP contribution in [-0.4, -0.2) is 94.1 Å². The van der Waals surface area contributed by atoms with E-state index < -0.39 is 24.3 Å². The van der Waals surface area contributed by atoms with Gasteiger partial charge in [-0.05, 0) is 52.0 Å². The smallest absolute Gasteiger partial charge is 0.475 e. The highest BCUT2D eigenvalue weighted by Crippen LogP contribution is 2.36. The third-order valence-corrected chi connectivity index (χ3v) is 6.64. The number of likely N-dealkylation sites (tertiary alicyclic amines) is 2. The van der Waals surface area contributed by atoms with Crippen molar-refractivity contribution in [2.24, 2.45) is 11.8 Å². The van der Waals surface area contributed by atoms with Crippen LogP contribution in [0.15, 0.2) is 4.52 Å². The molecule has 10 nitrogen and oxygen atoms in total. The molecule has 38 heavy (non-hydrogen) atoms. The van der Waals surface area contributed by atoms with Crippen molar-refractivity contribution in [3.63, 3.8) is 0 Å². The summed E-state index contributed by atoms with van der Waals surface area (Å²) in [5.74, 6) is -3.02. The standard InChI is InChI=1S/C18H28N4O2.2C2HF3O2/c1-11-15(12(2)24-20-11)9-22-8-14-6-16(21(3)17(14)10-22)18(23)19-7-13-4-5-13;2*3-2(4,5)1(6)7/h13-14,16-17H,4-10H2,1-3H3,(H,19,23);2*(H,6,7)/t14-,16+,17+;;/m0../s1. The van der Waals surface area contributed by atoms with Gasteiger partial charge >= 0.3 is 24.3 Å². The summed E-state index contributed by atoms with van der Waals surface area (Å²) in [6.45, 7) is 7.86. The van der Waals surface area contributed by atoms with Gasteiger partial charge in [0.1, 0.15) is 5.76 Å². The molecular weight excluding hydrogens is 530 g/mol. The number of hydrogen-bond acceptors (Lipinski definition) is 7. The average Bonchev–Trinajstić information content (AvgIpc) is 3.37. The summed E-state index contributed by atoms with van der Waals surface area (Å²) in [7, 11) is 2.12. The first-order valence-corrected chi connectivity index (χ1v) is 11.7. The minimum Gasteiger partial charge on any atom is -0.475 e. The number of carbonyl (C=O) groups excluding carboxylic acids is 1. The number of aryl methyl sites for hydroxylation is 2. The second kappa shape index (κ2) is 12.3. The number of nitrogens with zero attached hydrogens (tertiary/aromatic N) is 3. The maximum atomic E-state index is 12.5. The number of carboxylic acid groups (broad SMARTS) is 2. The van der Waals surface area contributed by atoms with Gasteiger partial charge in [0, 0.05) is 37.8 Å². The molecule has 0 unspecified atom stereocenters. The Morgan fingerprint density at radius 1 is 1.03 bits per heavy atom. The molecule has 4 rings (SSSR count). The largest absolute Gasteiger partial charge is 0.490 e. The van der Waals surface area contributed by atoms with Crippen LogP contribution in [0.5, 0.6) is 0 Å². The molecule has 0 bridgehead atoms. The average molecular weight is 560 g/mol. The Morgan fingerprint density at radius 3 is 1.95 bits per heavy atom. The lowest BCUT2D eigenvalue weighted by Crippen LogP contribution is -2.46. The SMILES string of the molecule is Cc1noc(C)c1CN1C[C@@H]2C[C@H](C(=O)NCC3CC3)N(C)[C@@H]2C1.O=C(O)C(F)(F)F.O=C(O)C(F)(F)F. The Bertz CT molecular complexity index is 950. The summed E-state index contributed by atoms with van der Waals surface area (Å²) in [5, 5.41) is 21.5. The number of likely N-dealkylation sites (N-methyl/N-ethyl adjacent to an activating group) is 1. The number of alkyl halides is 6. The Hall–Kier alpha value is -2.88. The third-order valence-electron chi connectivity index (χ3n) is 6.64. The molecule has 16 heteroatoms. The third kappa shape index (κ3) is 8.85. The highest BCUT2D eigenvalue weighted by Gasteiger charge is 2.47. The number of hydrogen-bond donors (Lipinski definition) is 3. The van der Waals surface area contributed by atoms with Crippen LogP contribution in [0.4, 0.5) is 26.3 Å². The van der Waals surface area contributed by atoms with Crippen molar-refractivity contribution in [2.45, 2.75) is 64.1 Å². The molecule has 3 aliphatic rings. The first kappa shape index (κ1) is 31.3. The predicted octanol–water partition coefficient (Wildman–Crippen LogP) is 2.59. The van der Waals surface area contributed by atoms with E-state index in [2.05, 4.69) is 27.3 Å². The van der Waals surface area contributed by atoms with Crippen molar-refractivity contribution in [1.82, 2.24) is 20.3 Å². The summed E-state index contributed by atoms with van der Waals surface area (Å²) < 4.78 is 68.8. The van der Waals surface area contributed by atoms with Crippen LogP contribution in [0.3, 0.4) is 0 Å². The summed E-state index contributed by atoms with van der Waals surface area (Å²) >= 11 is 0. The minimum absolute atomic E-state index is 0.0555. The van der Waals surface area contributed by atoms with Gasteiger partial charge in [0.25, 0.3) is 0 Å². The fraction of sp³-hybridized carbons (Fsp3) is 0.727. The van der Waals surface area contributed by atoms with Gasteiger partial charge in [0.05, 0.1) is 11.7 Å². The molecular formula is C22H30F6N4O6. The first-order chi connectivity index (χ1) is 17.4. The van der Waals surface area contributed by atoms with Crippen LogP contribution in [0.2, 0.25) is 0 Å². The summed E-state index contributed by atoms with van der Waals surface area (Å²) in [6, 6.07) is 0.544. The zero-order valence-corrected chi connectivity index (χ0v) is 20.9. The molecule has 3 atom stereocenters. The fourth-order valence-electron chi connectivity index (χ4n) is 4.38. The Labute approximate surface area is 213 Å². The van der Waals surface area contributed by atoms with Crippen molar-refractivity contribution in [3.05, 3.63) is 17.0 Å². The lowest BCUT2D eigenvalue weighted by atomic mass is 10.0. The number of halogens is 6. The number of aliphatic carboxylic acids is 2. The molecule has 2 saturated heterocycles. The minimum atomic E-state index is -5.08. The van der Waals surface area contributed by atoms with Crippen molar-refractivity contribution in [2.75, 3.05) is 26.7 Å². The topological polar surface area (TPSA) is 136 Å². The molecule has 0 aromatic carbocycles. The van der Waals surface area contributed by atoms with Gasteiger partial charge in [-0.25, -0.2) is 9.59 Å². The van der Waals surface area contributed by atoms with Gasteiger partial charge in [-0.15, -0.1) is 0 Å². The Morgan fingerprint density at radius 2 is 1.55 bits per heavy atom. The first-order valence-electron chi connectivity index (χ1n) is 11.7. The Kier molecular flexibility index (Phi) is 10.2. The monoisotopic (exact) mass is 560 g/mol. The maximum Gasteiger partial charge on any atom is 0.490 e. The van der Waals surface area contributed by atoms with Crippen LogP contribution >= 0.6 is 0 Å². The molecule has 0 spiro atoms. The summed E-state index contributed by atoms with van der Waals surface area (Å²) in [5.41, 5.74) is 2.21. The molecule has 1 aromatic heterocycles. The van der Waals surface area contributed by atoms with Crippen molar-refractivity contribution < 1.29 is 55.5 Å². The van der Waals surface area contributed by atoms with Crippen LogP contribution in [0, 0.1) is 25.7 Å². The van der Waals surface area contributed by atoms with E-state index in [1.807, 2.05) is 13.8 Å². The molecule has 0 radical (unpaired) electrons. The maximum absolute atomic E-state index is 12.5. The van der Waals surface area contributed by atoms with E-state index in [0.717, 1.165) is 50.0 Å². The summed E-state index contributed by atoms with van der Waals surface area (Å²) in [4.78, 5) is 35.0. The van der Waals surface area contributed by atoms with E-state index in [9.17, 15) is 31.1 Å². The lowest BCUT2D eigenvalue weighted by Gasteiger charge is -2.26. The zero-order valence-electron chi connectivity index (χ0n) is 20.9. The van der Waals surface area contributed by atoms with Gasteiger partial charge in [0.2, 0.25) is 5.91 Å². The number of rotatable bonds is 5. The van der Waals surface area contributed by atoms with Crippen molar-refractivity contribution in [1.29, 1.82) is 0 Å². The fourth-order valence-corrected chi connectivity index (χ4v) is 4.38. The molecule has 3 heterocycles. The predicted molar refractivity (Wildman–Crippen MR) is 118 cm³/mol. The van der Waals surface area contributed by atoms with Gasteiger partial charge < -0.3 is 20.1 Å². The number of nitrogens with one attached hydrogen (secondary N) is 1. The molecule has 1 amide bonds. The zero-order chi connectivity index (χ0) is 29.0. The molecule has 3 fully saturated rings. The van der Waals surface area contributed by atoms with Gasteiger partial charge in [-0.1, -0.05) is 5.16 Å². The molecule has 216 valence electrons. The van der Waals surface area contributed by atoms with E-state index in [1.54, 1.807) is 0 Å². The number of carbonyl (C=O) groups is 3. The van der Waals surface area contributed by atoms with Gasteiger partial charge in [0.15, 0.2) is 0 Å². The second-order valence-corrected chi connectivity index (χ2v) is 9.54. The molecule has 3 N–H and O–H groups in total. The number of carboxylic acids is 2. The second-order valence-electron chi connectivity index (χ2n) is 9.54. The van der Waals surface area contributed by atoms with E-state index in [-0.39, 0.29) is 11.9 Å². The lowest BCUT2D eigenvalue weighted by molar-refractivity contribution is -0.193. The van der Waals surface area contributed by atoms with Crippen LogP contribution in [0.25, 0.3) is 0 Å². The molecule has 2 aliphatic heterocycles. The highest BCUT2D eigenvalue weighted by molar-refractivity contribution is 5.82. The molecule has 1 saturated carbocycles. The number of fused-ring (bicyclic) bond motifs is 1. The van der Waals surface area contributed by atoms with Gasteiger partial charge in [-0.2, -0.15) is 26.3 Å². The van der Waals surface area contributed by atoms with Gasteiger partial charge in [-0.3, -0.25) is 14.6 Å². The van der Waals surface area contributed by atoms with Crippen LogP contribution in [-0.2, 0) is 20.9 Å². The normalized spacial score (nSPS) is 23.6.